The number of nitrogens with two attached hydrogens (primary N) is 1. The molecule has 5 heteroatoms. The van der Waals surface area contributed by atoms with E-state index in [0.29, 0.717) is 0 Å². The molecule has 0 aliphatic heterocycles. The highest BCUT2D eigenvalue weighted by atomic mass is 19.1. The second-order valence-electron chi connectivity index (χ2n) is 2.24. The third-order valence-corrected chi connectivity index (χ3v) is 1.45. The Kier molecular flexibility index (Phi) is 2.97. The zero-order chi connectivity index (χ0) is 9.68. The number of hydrogen-bond acceptors (Lipinski definition) is 4. The Labute approximate surface area is 74.2 Å². The first-order valence-corrected chi connectivity index (χ1v) is 3.50. The Morgan fingerprint density at radius 2 is 2.15 bits per heavy atom. The van der Waals surface area contributed by atoms with Gasteiger partial charge in [0.05, 0.1) is 6.21 Å². The summed E-state index contributed by atoms with van der Waals surface area (Å²) >= 11 is 0. The number of nitrogens with zero attached hydrogens (tertiary/aromatic N) is 2. The summed E-state index contributed by atoms with van der Waals surface area (Å²) in [5.74, 6) is 4.36. The Morgan fingerprint density at radius 1 is 1.46 bits per heavy atom. The van der Waals surface area contributed by atoms with Gasteiger partial charge < -0.3 is 11.0 Å². The molecule has 1 aromatic rings. The van der Waals surface area contributed by atoms with E-state index in [-0.39, 0.29) is 11.3 Å². The van der Waals surface area contributed by atoms with Crippen molar-refractivity contribution in [3.8, 4) is 0 Å². The number of hydrazone groups is 1. The summed E-state index contributed by atoms with van der Waals surface area (Å²) in [7, 11) is 0. The van der Waals surface area contributed by atoms with E-state index in [2.05, 4.69) is 10.3 Å². The minimum atomic E-state index is -0.491. The molecule has 3 N–H and O–H groups in total. The molecule has 4 nitrogen and oxygen atoms in total. The maximum Gasteiger partial charge on any atom is 0.132 e. The van der Waals surface area contributed by atoms with E-state index in [0.717, 1.165) is 6.21 Å². The Bertz CT molecular complexity index is 349. The van der Waals surface area contributed by atoms with Gasteiger partial charge in [-0.2, -0.15) is 5.10 Å². The van der Waals surface area contributed by atoms with Gasteiger partial charge in [-0.1, -0.05) is 17.3 Å². The normalized spacial score (nSPS) is 12.2. The van der Waals surface area contributed by atoms with Crippen LogP contribution in [0.2, 0.25) is 0 Å². The van der Waals surface area contributed by atoms with Gasteiger partial charge in [0.1, 0.15) is 11.5 Å². The summed E-state index contributed by atoms with van der Waals surface area (Å²) in [4.78, 5) is 0. The van der Waals surface area contributed by atoms with E-state index in [1.165, 1.54) is 18.2 Å². The number of halogens is 1. The fourth-order valence-corrected chi connectivity index (χ4v) is 0.889. The van der Waals surface area contributed by atoms with Crippen molar-refractivity contribution in [1.82, 2.24) is 0 Å². The summed E-state index contributed by atoms with van der Waals surface area (Å²) in [6.07, 6.45) is 1.07. The molecule has 0 amide bonds. The number of rotatable bonds is 2. The van der Waals surface area contributed by atoms with Crippen LogP contribution in [-0.4, -0.2) is 17.1 Å². The average Bonchev–Trinajstić information content (AvgIpc) is 2.16. The largest absolute Gasteiger partial charge is 0.410 e. The zero-order valence-electron chi connectivity index (χ0n) is 6.68. The lowest BCUT2D eigenvalue weighted by molar-refractivity contribution is 0.320. The zero-order valence-corrected chi connectivity index (χ0v) is 6.68. The van der Waals surface area contributed by atoms with Gasteiger partial charge in [0, 0.05) is 5.56 Å². The fourth-order valence-electron chi connectivity index (χ4n) is 0.889. The third-order valence-electron chi connectivity index (χ3n) is 1.45. The minimum absolute atomic E-state index is 0.0133. The maximum atomic E-state index is 13.1. The number of benzene rings is 1. The quantitative estimate of drug-likeness (QED) is 0.308. The molecule has 0 spiro atoms. The van der Waals surface area contributed by atoms with E-state index in [1.54, 1.807) is 6.07 Å². The van der Waals surface area contributed by atoms with E-state index in [1.807, 2.05) is 0 Å². The molecule has 0 saturated carbocycles. The molecule has 0 heterocycles. The molecule has 1 rings (SSSR count). The molecule has 0 saturated heterocycles. The van der Waals surface area contributed by atoms with Crippen LogP contribution in [0.4, 0.5) is 4.39 Å². The van der Waals surface area contributed by atoms with E-state index < -0.39 is 5.82 Å². The minimum Gasteiger partial charge on any atom is -0.410 e. The van der Waals surface area contributed by atoms with Crippen LogP contribution in [0.25, 0.3) is 0 Å². The van der Waals surface area contributed by atoms with E-state index >= 15 is 0 Å². The molecule has 0 fully saturated rings. The molecule has 0 atom stereocenters. The molecule has 0 aliphatic rings. The molecule has 0 unspecified atom stereocenters. The number of hydrogen-bond donors (Lipinski definition) is 2. The smallest absolute Gasteiger partial charge is 0.132 e. The topological polar surface area (TPSA) is 71.0 Å². The molecular weight excluding hydrogens is 173 g/mol. The van der Waals surface area contributed by atoms with E-state index in [9.17, 15) is 4.39 Å². The van der Waals surface area contributed by atoms with Crippen LogP contribution in [0, 0.1) is 5.82 Å². The predicted octanol–water partition coefficient (Wildman–Crippen LogP) is 0.948. The lowest BCUT2D eigenvalue weighted by Crippen LogP contribution is -2.06. The van der Waals surface area contributed by atoms with Crippen molar-refractivity contribution in [3.05, 3.63) is 35.6 Å². The van der Waals surface area contributed by atoms with Crippen molar-refractivity contribution >= 4 is 11.9 Å². The molecule has 1 aromatic carbocycles. The van der Waals surface area contributed by atoms with Gasteiger partial charge in [0.25, 0.3) is 0 Å². The van der Waals surface area contributed by atoms with Gasteiger partial charge in [-0.15, -0.1) is 0 Å². The van der Waals surface area contributed by atoms with Crippen molar-refractivity contribution in [1.29, 1.82) is 0 Å². The first-order valence-electron chi connectivity index (χ1n) is 3.50. The highest BCUT2D eigenvalue weighted by Crippen LogP contribution is 2.06. The molecule has 0 bridgehead atoms. The van der Waals surface area contributed by atoms with Gasteiger partial charge in [-0.25, -0.2) is 4.39 Å². The fraction of sp³-hybridized carbons (Fsp3) is 0. The van der Waals surface area contributed by atoms with Crippen molar-refractivity contribution in [2.24, 2.45) is 16.1 Å². The lowest BCUT2D eigenvalue weighted by atomic mass is 10.1. The molecule has 0 radical (unpaired) electrons. The molecule has 68 valence electrons. The Morgan fingerprint density at radius 3 is 2.69 bits per heavy atom. The van der Waals surface area contributed by atoms with Crippen molar-refractivity contribution in [2.45, 2.75) is 0 Å². The van der Waals surface area contributed by atoms with Crippen LogP contribution < -0.4 is 5.84 Å². The molecular formula is C8H8FN3O. The van der Waals surface area contributed by atoms with Gasteiger partial charge in [0.15, 0.2) is 0 Å². The van der Waals surface area contributed by atoms with Gasteiger partial charge in [-0.05, 0) is 12.1 Å². The van der Waals surface area contributed by atoms with Crippen molar-refractivity contribution in [2.75, 3.05) is 0 Å². The monoisotopic (exact) mass is 181 g/mol. The highest BCUT2D eigenvalue weighted by Gasteiger charge is 2.06. The summed E-state index contributed by atoms with van der Waals surface area (Å²) in [6, 6.07) is 5.87. The molecule has 13 heavy (non-hydrogen) atoms. The molecule has 0 aromatic heterocycles. The van der Waals surface area contributed by atoms with Crippen LogP contribution in [0.3, 0.4) is 0 Å². The summed E-state index contributed by atoms with van der Waals surface area (Å²) in [5, 5.41) is 14.5. The lowest BCUT2D eigenvalue weighted by Gasteiger charge is -1.98. The summed E-state index contributed by atoms with van der Waals surface area (Å²) in [5.41, 5.74) is 0.139. The van der Waals surface area contributed by atoms with Crippen LogP contribution in [-0.2, 0) is 0 Å². The second kappa shape index (κ2) is 4.20. The van der Waals surface area contributed by atoms with E-state index in [4.69, 9.17) is 11.0 Å². The summed E-state index contributed by atoms with van der Waals surface area (Å²) < 4.78 is 13.1. The summed E-state index contributed by atoms with van der Waals surface area (Å²) in [6.45, 7) is 0. The van der Waals surface area contributed by atoms with Crippen LogP contribution in [0.5, 0.6) is 0 Å². The Hall–Kier alpha value is -1.91. The average molecular weight is 181 g/mol. The van der Waals surface area contributed by atoms with Gasteiger partial charge >= 0.3 is 0 Å². The van der Waals surface area contributed by atoms with Crippen molar-refractivity contribution in [3.63, 3.8) is 0 Å². The molecule has 0 aliphatic carbocycles. The highest BCUT2D eigenvalue weighted by molar-refractivity contribution is 6.38. The standard InChI is InChI=1S/C8H8FN3O/c9-7-4-2-1-3-6(7)8(12-13)5-11-10/h1-5,13H,10H2. The van der Waals surface area contributed by atoms with Crippen LogP contribution in [0.1, 0.15) is 5.56 Å². The second-order valence-corrected chi connectivity index (χ2v) is 2.24. The van der Waals surface area contributed by atoms with Crippen LogP contribution >= 0.6 is 0 Å². The van der Waals surface area contributed by atoms with Crippen LogP contribution in [0.15, 0.2) is 34.5 Å². The number of oxime groups is 1. The first-order chi connectivity index (χ1) is 6.29. The predicted molar refractivity (Wildman–Crippen MR) is 47.4 cm³/mol. The van der Waals surface area contributed by atoms with Gasteiger partial charge in [-0.3, -0.25) is 0 Å². The van der Waals surface area contributed by atoms with Crippen molar-refractivity contribution < 1.29 is 9.60 Å². The Balaban J connectivity index is 3.13. The first kappa shape index (κ1) is 9.18. The SMILES string of the molecule is NN=CC(=NO)c1ccccc1F. The third kappa shape index (κ3) is 2.02. The van der Waals surface area contributed by atoms with Gasteiger partial charge in [0.2, 0.25) is 0 Å². The maximum absolute atomic E-state index is 13.1.